The predicted octanol–water partition coefficient (Wildman–Crippen LogP) is 2.83. The molecule has 3 nitrogen and oxygen atoms in total. The molecule has 0 N–H and O–H groups in total. The third-order valence-corrected chi connectivity index (χ3v) is 1.97. The SMILES string of the molecule is O=Cc1cccnc1Oc1ccccc1F. The van der Waals surface area contributed by atoms with E-state index in [2.05, 4.69) is 4.98 Å². The maximum atomic E-state index is 13.3. The third-order valence-electron chi connectivity index (χ3n) is 1.97. The first-order chi connectivity index (χ1) is 7.81. The highest BCUT2D eigenvalue weighted by molar-refractivity contribution is 5.78. The second-order valence-electron chi connectivity index (χ2n) is 3.05. The molecule has 2 rings (SSSR count). The summed E-state index contributed by atoms with van der Waals surface area (Å²) >= 11 is 0. The highest BCUT2D eigenvalue weighted by atomic mass is 19.1. The van der Waals surface area contributed by atoms with E-state index in [4.69, 9.17) is 4.74 Å². The molecule has 1 aromatic heterocycles. The number of pyridine rings is 1. The largest absolute Gasteiger partial charge is 0.435 e. The van der Waals surface area contributed by atoms with Gasteiger partial charge in [0.25, 0.3) is 0 Å². The molecule has 0 radical (unpaired) electrons. The van der Waals surface area contributed by atoms with E-state index >= 15 is 0 Å². The van der Waals surface area contributed by atoms with Gasteiger partial charge in [0.2, 0.25) is 5.88 Å². The fraction of sp³-hybridized carbons (Fsp3) is 0. The summed E-state index contributed by atoms with van der Waals surface area (Å²) in [6.07, 6.45) is 2.09. The maximum absolute atomic E-state index is 13.3. The van der Waals surface area contributed by atoms with Crippen LogP contribution in [0.4, 0.5) is 4.39 Å². The first-order valence-electron chi connectivity index (χ1n) is 4.64. The van der Waals surface area contributed by atoms with Crippen molar-refractivity contribution in [2.24, 2.45) is 0 Å². The fourth-order valence-electron chi connectivity index (χ4n) is 1.21. The van der Waals surface area contributed by atoms with Crippen LogP contribution in [-0.4, -0.2) is 11.3 Å². The Bertz CT molecular complexity index is 514. The van der Waals surface area contributed by atoms with Gasteiger partial charge in [0, 0.05) is 6.20 Å². The number of benzene rings is 1. The Balaban J connectivity index is 2.34. The van der Waals surface area contributed by atoms with Gasteiger partial charge in [0.05, 0.1) is 5.56 Å². The van der Waals surface area contributed by atoms with Crippen LogP contribution >= 0.6 is 0 Å². The maximum Gasteiger partial charge on any atom is 0.229 e. The number of hydrogen-bond donors (Lipinski definition) is 0. The summed E-state index contributed by atoms with van der Waals surface area (Å²) < 4.78 is 18.5. The van der Waals surface area contributed by atoms with Crippen LogP contribution < -0.4 is 4.74 Å². The second-order valence-corrected chi connectivity index (χ2v) is 3.05. The average Bonchev–Trinajstić information content (AvgIpc) is 2.33. The summed E-state index contributed by atoms with van der Waals surface area (Å²) in [5, 5.41) is 0. The van der Waals surface area contributed by atoms with E-state index < -0.39 is 5.82 Å². The van der Waals surface area contributed by atoms with E-state index in [-0.39, 0.29) is 17.2 Å². The molecular formula is C12H8FNO2. The monoisotopic (exact) mass is 217 g/mol. The quantitative estimate of drug-likeness (QED) is 0.742. The molecule has 0 aliphatic rings. The standard InChI is InChI=1S/C12H8FNO2/c13-10-5-1-2-6-11(10)16-12-9(8-15)4-3-7-14-12/h1-8H. The van der Waals surface area contributed by atoms with Gasteiger partial charge < -0.3 is 4.74 Å². The van der Waals surface area contributed by atoms with Gasteiger partial charge in [0.15, 0.2) is 17.9 Å². The van der Waals surface area contributed by atoms with Gasteiger partial charge in [-0.15, -0.1) is 0 Å². The lowest BCUT2D eigenvalue weighted by Crippen LogP contribution is -1.94. The van der Waals surface area contributed by atoms with Crippen LogP contribution in [0.1, 0.15) is 10.4 Å². The zero-order chi connectivity index (χ0) is 11.4. The van der Waals surface area contributed by atoms with E-state index in [9.17, 15) is 9.18 Å². The van der Waals surface area contributed by atoms with Crippen molar-refractivity contribution < 1.29 is 13.9 Å². The van der Waals surface area contributed by atoms with Crippen molar-refractivity contribution in [3.8, 4) is 11.6 Å². The number of halogens is 1. The molecule has 0 atom stereocenters. The number of hydrogen-bond acceptors (Lipinski definition) is 3. The Hall–Kier alpha value is -2.23. The van der Waals surface area contributed by atoms with Crippen LogP contribution in [0.5, 0.6) is 11.6 Å². The summed E-state index contributed by atoms with van der Waals surface area (Å²) in [5.74, 6) is -0.350. The number of aromatic nitrogens is 1. The van der Waals surface area contributed by atoms with Crippen molar-refractivity contribution in [1.29, 1.82) is 0 Å². The zero-order valence-electron chi connectivity index (χ0n) is 8.26. The van der Waals surface area contributed by atoms with Gasteiger partial charge in [-0.3, -0.25) is 4.79 Å². The molecular weight excluding hydrogens is 209 g/mol. The number of ether oxygens (including phenoxy) is 1. The predicted molar refractivity (Wildman–Crippen MR) is 56.1 cm³/mol. The summed E-state index contributed by atoms with van der Waals surface area (Å²) in [4.78, 5) is 14.6. The lowest BCUT2D eigenvalue weighted by atomic mass is 10.3. The molecule has 0 fully saturated rings. The Labute approximate surface area is 91.5 Å². The number of aldehydes is 1. The van der Waals surface area contributed by atoms with E-state index in [1.165, 1.54) is 18.3 Å². The van der Waals surface area contributed by atoms with Crippen LogP contribution in [0.15, 0.2) is 42.6 Å². The van der Waals surface area contributed by atoms with Crippen molar-refractivity contribution in [2.75, 3.05) is 0 Å². The van der Waals surface area contributed by atoms with E-state index in [1.54, 1.807) is 24.3 Å². The summed E-state index contributed by atoms with van der Waals surface area (Å²) in [6.45, 7) is 0. The molecule has 0 aliphatic carbocycles. The van der Waals surface area contributed by atoms with Crippen LogP contribution in [0.3, 0.4) is 0 Å². The molecule has 1 heterocycles. The molecule has 0 spiro atoms. The third kappa shape index (κ3) is 2.06. The second kappa shape index (κ2) is 4.53. The van der Waals surface area contributed by atoms with Crippen molar-refractivity contribution in [3.05, 3.63) is 54.0 Å². The molecule has 16 heavy (non-hydrogen) atoms. The Morgan fingerprint density at radius 2 is 2.00 bits per heavy atom. The minimum Gasteiger partial charge on any atom is -0.435 e. The molecule has 1 aromatic carbocycles. The van der Waals surface area contributed by atoms with Gasteiger partial charge >= 0.3 is 0 Å². The van der Waals surface area contributed by atoms with Crippen molar-refractivity contribution in [2.45, 2.75) is 0 Å². The fourth-order valence-corrected chi connectivity index (χ4v) is 1.21. The molecule has 0 bridgehead atoms. The van der Waals surface area contributed by atoms with Crippen LogP contribution in [0.25, 0.3) is 0 Å². The van der Waals surface area contributed by atoms with E-state index in [0.717, 1.165) is 0 Å². The van der Waals surface area contributed by atoms with E-state index in [0.29, 0.717) is 6.29 Å². The van der Waals surface area contributed by atoms with Crippen molar-refractivity contribution in [3.63, 3.8) is 0 Å². The summed E-state index contributed by atoms with van der Waals surface area (Å²) in [6, 6.07) is 9.11. The minimum atomic E-state index is -0.495. The molecule has 0 unspecified atom stereocenters. The summed E-state index contributed by atoms with van der Waals surface area (Å²) in [5.41, 5.74) is 0.283. The topological polar surface area (TPSA) is 39.2 Å². The Kier molecular flexibility index (Phi) is 2.91. The molecule has 0 amide bonds. The number of rotatable bonds is 3. The molecule has 0 saturated heterocycles. The van der Waals surface area contributed by atoms with E-state index in [1.807, 2.05) is 0 Å². The molecule has 2 aromatic rings. The first kappa shape index (κ1) is 10.3. The van der Waals surface area contributed by atoms with Crippen LogP contribution in [0, 0.1) is 5.82 Å². The normalized spacial score (nSPS) is 9.81. The first-order valence-corrected chi connectivity index (χ1v) is 4.64. The number of para-hydroxylation sites is 1. The molecule has 0 saturated carbocycles. The highest BCUT2D eigenvalue weighted by Crippen LogP contribution is 2.24. The van der Waals surface area contributed by atoms with Gasteiger partial charge in [-0.1, -0.05) is 12.1 Å². The smallest absolute Gasteiger partial charge is 0.229 e. The number of nitrogens with zero attached hydrogens (tertiary/aromatic N) is 1. The Morgan fingerprint density at radius 1 is 1.19 bits per heavy atom. The van der Waals surface area contributed by atoms with Gasteiger partial charge in [-0.05, 0) is 24.3 Å². The molecule has 80 valence electrons. The highest BCUT2D eigenvalue weighted by Gasteiger charge is 2.07. The Morgan fingerprint density at radius 3 is 2.75 bits per heavy atom. The average molecular weight is 217 g/mol. The molecule has 4 heteroatoms. The number of carbonyl (C=O) groups excluding carboxylic acids is 1. The van der Waals surface area contributed by atoms with Gasteiger partial charge in [0.1, 0.15) is 0 Å². The number of carbonyl (C=O) groups is 1. The van der Waals surface area contributed by atoms with Crippen LogP contribution in [-0.2, 0) is 0 Å². The van der Waals surface area contributed by atoms with Crippen LogP contribution in [0.2, 0.25) is 0 Å². The minimum absolute atomic E-state index is 0.0456. The summed E-state index contributed by atoms with van der Waals surface area (Å²) in [7, 11) is 0. The van der Waals surface area contributed by atoms with Crippen molar-refractivity contribution >= 4 is 6.29 Å². The lowest BCUT2D eigenvalue weighted by molar-refractivity contribution is 0.112. The zero-order valence-corrected chi connectivity index (χ0v) is 8.26. The van der Waals surface area contributed by atoms with Gasteiger partial charge in [-0.25, -0.2) is 9.37 Å². The molecule has 0 aliphatic heterocycles. The lowest BCUT2D eigenvalue weighted by Gasteiger charge is -2.06. The van der Waals surface area contributed by atoms with Gasteiger partial charge in [-0.2, -0.15) is 0 Å². The van der Waals surface area contributed by atoms with Crippen molar-refractivity contribution in [1.82, 2.24) is 4.98 Å².